The average Bonchev–Trinajstić information content (AvgIpc) is 2.90. The van der Waals surface area contributed by atoms with Crippen LogP contribution in [0, 0.1) is 17.0 Å². The van der Waals surface area contributed by atoms with Crippen molar-refractivity contribution < 1.29 is 12.6 Å². The number of carbonyl (C=O) groups excluding carboxylic acids is 1. The molecule has 3 aliphatic rings. The van der Waals surface area contributed by atoms with Gasteiger partial charge in [-0.1, -0.05) is 0 Å². The molecule has 4 rings (SSSR count). The van der Waals surface area contributed by atoms with Crippen molar-refractivity contribution in [3.05, 3.63) is 45.9 Å². The van der Waals surface area contributed by atoms with Gasteiger partial charge in [0.1, 0.15) is 0 Å². The first-order chi connectivity index (χ1) is 10.6. The zero-order valence-corrected chi connectivity index (χ0v) is 14.9. The van der Waals surface area contributed by atoms with Gasteiger partial charge in [-0.3, -0.25) is 0 Å². The number of nitrogens with zero attached hydrogens (tertiary/aromatic N) is 1. The summed E-state index contributed by atoms with van der Waals surface area (Å²) in [5, 5.41) is 11.5. The molecular formula is C17H19NO3Te. The number of ketones is 1. The van der Waals surface area contributed by atoms with E-state index in [1.54, 1.807) is 13.1 Å². The molecule has 0 bridgehead atoms. The molecule has 1 fully saturated rings. The molecule has 0 unspecified atom stereocenters. The van der Waals surface area contributed by atoms with E-state index in [9.17, 15) is 13.1 Å². The molecule has 3 atom stereocenters. The molecule has 5 heteroatoms. The van der Waals surface area contributed by atoms with E-state index in [0.29, 0.717) is 16.3 Å². The number of hydrogen-bond acceptors (Lipinski definition) is 3. The number of allylic oxidation sites excluding steroid dienone is 2. The Kier molecular flexibility index (Phi) is 3.47. The number of fused-ring (bicyclic) bond motifs is 5. The fourth-order valence-electron chi connectivity index (χ4n) is 4.64. The molecule has 0 spiro atoms. The third kappa shape index (κ3) is 2.10. The fraction of sp³-hybridized carbons (Fsp3) is 0.529. The number of carbonyl (C=O) groups is 1. The van der Waals surface area contributed by atoms with Crippen molar-refractivity contribution >= 4 is 25.3 Å². The number of aromatic nitrogens is 1. The molecule has 2 aliphatic carbocycles. The average molecular weight is 413 g/mol. The summed E-state index contributed by atoms with van der Waals surface area (Å²) in [5.74, 6) is 1.04. The van der Waals surface area contributed by atoms with Gasteiger partial charge in [0.05, 0.1) is 0 Å². The Labute approximate surface area is 136 Å². The summed E-state index contributed by atoms with van der Waals surface area (Å²) < 4.78 is 14.7. The van der Waals surface area contributed by atoms with Gasteiger partial charge in [0.25, 0.3) is 0 Å². The maximum absolute atomic E-state index is 13.0. The van der Waals surface area contributed by atoms with Crippen molar-refractivity contribution in [3.8, 4) is 0 Å². The Morgan fingerprint density at radius 2 is 2.18 bits per heavy atom. The Balaban J connectivity index is 1.78. The molecule has 0 N–H and O–H groups in total. The Bertz CT molecular complexity index is 725. The number of hydrogen-bond donors (Lipinski definition) is 0. The van der Waals surface area contributed by atoms with Crippen LogP contribution in [0.3, 0.4) is 0 Å². The fourth-order valence-corrected chi connectivity index (χ4v) is 10.6. The van der Waals surface area contributed by atoms with E-state index in [2.05, 4.69) is 0 Å². The summed E-state index contributed by atoms with van der Waals surface area (Å²) in [6.45, 7) is 1.64. The number of pyridine rings is 1. The van der Waals surface area contributed by atoms with E-state index < -0.39 is 19.5 Å². The summed E-state index contributed by atoms with van der Waals surface area (Å²) in [4.78, 5) is 11.8. The number of rotatable bonds is 1. The Hall–Kier alpha value is -1.05. The van der Waals surface area contributed by atoms with Gasteiger partial charge >= 0.3 is 137 Å². The minimum atomic E-state index is -2.55. The van der Waals surface area contributed by atoms with Crippen LogP contribution < -0.4 is 4.73 Å². The van der Waals surface area contributed by atoms with Crippen LogP contribution >= 0.6 is 0 Å². The third-order valence-corrected chi connectivity index (χ3v) is 10.6. The first kappa shape index (κ1) is 14.5. The molecule has 0 amide bonds. The van der Waals surface area contributed by atoms with E-state index in [-0.39, 0.29) is 9.75 Å². The molecule has 0 radical (unpaired) electrons. The van der Waals surface area contributed by atoms with Crippen molar-refractivity contribution in [1.82, 2.24) is 0 Å². The van der Waals surface area contributed by atoms with Crippen LogP contribution in [0.15, 0.2) is 29.6 Å². The van der Waals surface area contributed by atoms with Crippen LogP contribution in [0.4, 0.5) is 0 Å². The summed E-state index contributed by atoms with van der Waals surface area (Å²) in [5.41, 5.74) is 4.45. The Morgan fingerprint density at radius 1 is 1.36 bits per heavy atom. The van der Waals surface area contributed by atoms with Gasteiger partial charge in [-0.2, -0.15) is 0 Å². The standard InChI is InChI=1S/C17H19NO3Te/c1-10(19)12-4-5-14-15-3-2-11-8-18(20)7-6-13(11)17(15)22(21)9-16(12)14/h6-8,14-15,17H,2-5,9H2,1H3/t14-,15-,17+/m1/s1. The summed E-state index contributed by atoms with van der Waals surface area (Å²) in [7, 11) is 0. The first-order valence-electron chi connectivity index (χ1n) is 7.88. The molecule has 1 aromatic heterocycles. The summed E-state index contributed by atoms with van der Waals surface area (Å²) in [6, 6.07) is 1.89. The van der Waals surface area contributed by atoms with E-state index in [1.807, 2.05) is 6.07 Å². The van der Waals surface area contributed by atoms with Crippen molar-refractivity contribution in [2.45, 2.75) is 41.0 Å². The quantitative estimate of drug-likeness (QED) is 0.403. The molecule has 1 saturated heterocycles. The Morgan fingerprint density at radius 3 is 2.95 bits per heavy atom. The van der Waals surface area contributed by atoms with Crippen molar-refractivity contribution in [2.75, 3.05) is 0 Å². The zero-order valence-electron chi connectivity index (χ0n) is 12.6. The van der Waals surface area contributed by atoms with Crippen LogP contribution in [0.2, 0.25) is 4.47 Å². The van der Waals surface area contributed by atoms with E-state index in [0.717, 1.165) is 47.1 Å². The molecule has 116 valence electrons. The molecule has 0 aromatic carbocycles. The number of aryl methyl sites for hydroxylation is 1. The second kappa shape index (κ2) is 5.25. The van der Waals surface area contributed by atoms with Crippen LogP contribution in [-0.2, 0) is 14.3 Å². The SMILES string of the molecule is CC(=O)C1=C2C[Te](=O)[C@H]3c4cc[n+]([O-])cc4CC[C@@H]3[C@H]2CC1. The van der Waals surface area contributed by atoms with Gasteiger partial charge in [0, 0.05) is 0 Å². The van der Waals surface area contributed by atoms with Gasteiger partial charge in [0.2, 0.25) is 0 Å². The predicted molar refractivity (Wildman–Crippen MR) is 81.6 cm³/mol. The second-order valence-corrected chi connectivity index (χ2v) is 11.1. The molecule has 1 aromatic rings. The van der Waals surface area contributed by atoms with Crippen molar-refractivity contribution in [3.63, 3.8) is 0 Å². The molecule has 22 heavy (non-hydrogen) atoms. The van der Waals surface area contributed by atoms with Gasteiger partial charge in [-0.05, 0) is 0 Å². The maximum atomic E-state index is 13.0. The number of Topliss-reactive ketones (excluding diaryl/α,β-unsaturated/α-hetero) is 1. The second-order valence-electron chi connectivity index (χ2n) is 6.64. The van der Waals surface area contributed by atoms with Crippen molar-refractivity contribution in [2.24, 2.45) is 11.8 Å². The molecule has 2 heterocycles. The zero-order chi connectivity index (χ0) is 15.4. The predicted octanol–water partition coefficient (Wildman–Crippen LogP) is 2.24. The van der Waals surface area contributed by atoms with Gasteiger partial charge in [-0.15, -0.1) is 0 Å². The monoisotopic (exact) mass is 415 g/mol. The van der Waals surface area contributed by atoms with E-state index in [1.165, 1.54) is 11.8 Å². The third-order valence-electron chi connectivity index (χ3n) is 5.56. The van der Waals surface area contributed by atoms with Crippen LogP contribution in [0.1, 0.15) is 41.3 Å². The van der Waals surface area contributed by atoms with Crippen molar-refractivity contribution in [1.29, 1.82) is 0 Å². The van der Waals surface area contributed by atoms with E-state index in [4.69, 9.17) is 0 Å². The molecule has 4 nitrogen and oxygen atoms in total. The molecular weight excluding hydrogens is 394 g/mol. The normalized spacial score (nSPS) is 30.7. The minimum absolute atomic E-state index is 0.172. The van der Waals surface area contributed by atoms with Gasteiger partial charge < -0.3 is 0 Å². The summed E-state index contributed by atoms with van der Waals surface area (Å²) >= 11 is -2.55. The first-order valence-corrected chi connectivity index (χ1v) is 11.8. The molecule has 1 aliphatic heterocycles. The summed E-state index contributed by atoms with van der Waals surface area (Å²) in [6.07, 6.45) is 6.99. The topological polar surface area (TPSA) is 61.1 Å². The van der Waals surface area contributed by atoms with Crippen LogP contribution in [0.25, 0.3) is 0 Å². The van der Waals surface area contributed by atoms with Crippen LogP contribution in [0.5, 0.6) is 0 Å². The molecule has 0 saturated carbocycles. The van der Waals surface area contributed by atoms with Gasteiger partial charge in [-0.25, -0.2) is 0 Å². The van der Waals surface area contributed by atoms with Gasteiger partial charge in [0.15, 0.2) is 0 Å². The van der Waals surface area contributed by atoms with Crippen LogP contribution in [-0.4, -0.2) is 25.3 Å². The van der Waals surface area contributed by atoms with E-state index >= 15 is 0 Å².